The average molecular weight is 384 g/mol. The lowest BCUT2D eigenvalue weighted by Gasteiger charge is -2.07. The number of nitrogens with zero attached hydrogens (tertiary/aromatic N) is 2. The number of benzene rings is 2. The third-order valence-electron chi connectivity index (χ3n) is 3.53. The Hall–Kier alpha value is -3.75. The molecule has 0 radical (unpaired) electrons. The molecule has 0 spiro atoms. The quantitative estimate of drug-likeness (QED) is 0.391. The van der Waals surface area contributed by atoms with Gasteiger partial charge in [-0.25, -0.2) is 5.43 Å². The average Bonchev–Trinajstić information content (AvgIpc) is 2.68. The van der Waals surface area contributed by atoms with Crippen molar-refractivity contribution in [2.45, 2.75) is 19.8 Å². The van der Waals surface area contributed by atoms with E-state index in [0.717, 1.165) is 0 Å². The van der Waals surface area contributed by atoms with E-state index in [4.69, 9.17) is 4.74 Å². The summed E-state index contributed by atoms with van der Waals surface area (Å²) >= 11 is 0. The molecule has 0 unspecified atom stereocenters. The van der Waals surface area contributed by atoms with Crippen molar-refractivity contribution in [1.82, 2.24) is 5.43 Å². The van der Waals surface area contributed by atoms with Crippen molar-refractivity contribution in [3.63, 3.8) is 0 Å². The van der Waals surface area contributed by atoms with Crippen LogP contribution in [0.4, 0.5) is 11.4 Å². The van der Waals surface area contributed by atoms with Gasteiger partial charge in [0.15, 0.2) is 0 Å². The normalized spacial score (nSPS) is 10.5. The predicted molar refractivity (Wildman–Crippen MR) is 104 cm³/mol. The van der Waals surface area contributed by atoms with E-state index < -0.39 is 10.8 Å². The number of amides is 2. The predicted octanol–water partition coefficient (Wildman–Crippen LogP) is 2.86. The number of carbonyl (C=O) groups excluding carboxylic acids is 2. The van der Waals surface area contributed by atoms with Crippen LogP contribution in [0.25, 0.3) is 0 Å². The first-order valence-electron chi connectivity index (χ1n) is 8.57. The molecule has 0 saturated heterocycles. The number of nitro benzene ring substituents is 1. The molecule has 0 atom stereocenters. The van der Waals surface area contributed by atoms with Crippen molar-refractivity contribution >= 4 is 29.4 Å². The van der Waals surface area contributed by atoms with Crippen LogP contribution in [-0.4, -0.2) is 29.6 Å². The molecule has 2 N–H and O–H groups in total. The van der Waals surface area contributed by atoms with E-state index in [9.17, 15) is 19.7 Å². The Kier molecular flexibility index (Phi) is 7.64. The first-order valence-corrected chi connectivity index (χ1v) is 8.57. The maximum absolute atomic E-state index is 11.9. The molecular formula is C19H20N4O5. The number of ether oxygens (including phenoxy) is 1. The summed E-state index contributed by atoms with van der Waals surface area (Å²) in [4.78, 5) is 33.7. The van der Waals surface area contributed by atoms with E-state index in [1.165, 1.54) is 30.5 Å². The summed E-state index contributed by atoms with van der Waals surface area (Å²) < 4.78 is 5.32. The molecule has 0 heterocycles. The van der Waals surface area contributed by atoms with Gasteiger partial charge in [-0.2, -0.15) is 5.10 Å². The first-order chi connectivity index (χ1) is 13.5. The summed E-state index contributed by atoms with van der Waals surface area (Å²) in [6.45, 7) is 2.45. The van der Waals surface area contributed by atoms with Crippen LogP contribution in [0.15, 0.2) is 53.6 Å². The number of hydrazone groups is 1. The molecule has 2 rings (SSSR count). The van der Waals surface area contributed by atoms with Gasteiger partial charge in [-0.05, 0) is 48.9 Å². The monoisotopic (exact) mass is 384 g/mol. The van der Waals surface area contributed by atoms with E-state index in [2.05, 4.69) is 15.8 Å². The molecule has 2 aromatic carbocycles. The van der Waals surface area contributed by atoms with Gasteiger partial charge in [0.25, 0.3) is 5.69 Å². The molecule has 0 aliphatic heterocycles. The lowest BCUT2D eigenvalue weighted by Crippen LogP contribution is -2.20. The van der Waals surface area contributed by atoms with Crippen molar-refractivity contribution in [1.29, 1.82) is 0 Å². The van der Waals surface area contributed by atoms with Crippen LogP contribution in [0.5, 0.6) is 5.75 Å². The summed E-state index contributed by atoms with van der Waals surface area (Å²) in [6.07, 6.45) is 1.34. The second-order valence-corrected chi connectivity index (χ2v) is 5.65. The molecule has 0 saturated carbocycles. The van der Waals surface area contributed by atoms with Crippen LogP contribution in [0, 0.1) is 10.1 Å². The third-order valence-corrected chi connectivity index (χ3v) is 3.53. The Morgan fingerprint density at radius 2 is 1.71 bits per heavy atom. The molecular weight excluding hydrogens is 364 g/mol. The van der Waals surface area contributed by atoms with Crippen LogP contribution in [0.1, 0.15) is 25.3 Å². The van der Waals surface area contributed by atoms with Gasteiger partial charge in [0.1, 0.15) is 5.75 Å². The fraction of sp³-hybridized carbons (Fsp3) is 0.211. The topological polar surface area (TPSA) is 123 Å². The van der Waals surface area contributed by atoms with Gasteiger partial charge in [-0.3, -0.25) is 19.7 Å². The first kappa shape index (κ1) is 20.6. The third kappa shape index (κ3) is 6.87. The number of rotatable bonds is 9. The van der Waals surface area contributed by atoms with Crippen molar-refractivity contribution < 1.29 is 19.2 Å². The van der Waals surface area contributed by atoms with Crippen LogP contribution in [0.3, 0.4) is 0 Å². The maximum atomic E-state index is 11.9. The summed E-state index contributed by atoms with van der Waals surface area (Å²) in [7, 11) is 0. The van der Waals surface area contributed by atoms with E-state index in [0.29, 0.717) is 23.6 Å². The van der Waals surface area contributed by atoms with Crippen LogP contribution in [-0.2, 0) is 9.59 Å². The standard InChI is InChI=1S/C19H20N4O5/c1-2-28-17-9-5-15(6-10-17)21-18(24)11-12-19(25)22-20-13-14-3-7-16(8-4-14)23(26)27/h3-10,13H,2,11-12H2,1H3,(H,21,24)(H,22,25)/b20-13+. The number of hydrogen-bond donors (Lipinski definition) is 2. The van der Waals surface area contributed by atoms with Crippen molar-refractivity contribution in [2.75, 3.05) is 11.9 Å². The highest BCUT2D eigenvalue weighted by Gasteiger charge is 2.07. The number of nitro groups is 1. The number of non-ortho nitro benzene ring substituents is 1. The molecule has 2 amide bonds. The van der Waals surface area contributed by atoms with Crippen molar-refractivity contribution in [3.05, 3.63) is 64.2 Å². The number of anilines is 1. The van der Waals surface area contributed by atoms with Crippen molar-refractivity contribution in [3.8, 4) is 5.75 Å². The number of carbonyl (C=O) groups is 2. The van der Waals surface area contributed by atoms with E-state index in [1.807, 2.05) is 6.92 Å². The largest absolute Gasteiger partial charge is 0.494 e. The van der Waals surface area contributed by atoms with Gasteiger partial charge >= 0.3 is 0 Å². The second kappa shape index (κ2) is 10.4. The fourth-order valence-corrected chi connectivity index (χ4v) is 2.17. The lowest BCUT2D eigenvalue weighted by molar-refractivity contribution is -0.384. The van der Waals surface area contributed by atoms with Gasteiger partial charge in [-0.15, -0.1) is 0 Å². The minimum Gasteiger partial charge on any atom is -0.494 e. The van der Waals surface area contributed by atoms with Crippen LogP contribution >= 0.6 is 0 Å². The highest BCUT2D eigenvalue weighted by atomic mass is 16.6. The number of hydrogen-bond acceptors (Lipinski definition) is 6. The van der Waals surface area contributed by atoms with E-state index in [-0.39, 0.29) is 24.4 Å². The van der Waals surface area contributed by atoms with Gasteiger partial charge in [0, 0.05) is 30.7 Å². The summed E-state index contributed by atoms with van der Waals surface area (Å²) in [6, 6.07) is 12.6. The SMILES string of the molecule is CCOc1ccc(NC(=O)CCC(=O)N/N=C/c2ccc([N+](=O)[O-])cc2)cc1. The smallest absolute Gasteiger partial charge is 0.269 e. The van der Waals surface area contributed by atoms with Gasteiger partial charge in [-0.1, -0.05) is 0 Å². The Morgan fingerprint density at radius 1 is 1.07 bits per heavy atom. The molecule has 0 fully saturated rings. The zero-order valence-corrected chi connectivity index (χ0v) is 15.3. The van der Waals surface area contributed by atoms with Crippen LogP contribution in [0.2, 0.25) is 0 Å². The second-order valence-electron chi connectivity index (χ2n) is 5.65. The van der Waals surface area contributed by atoms with E-state index in [1.54, 1.807) is 24.3 Å². The molecule has 0 aromatic heterocycles. The molecule has 0 aliphatic rings. The molecule has 28 heavy (non-hydrogen) atoms. The zero-order valence-electron chi connectivity index (χ0n) is 15.3. The van der Waals surface area contributed by atoms with Crippen molar-refractivity contribution in [2.24, 2.45) is 5.10 Å². The maximum Gasteiger partial charge on any atom is 0.269 e. The summed E-state index contributed by atoms with van der Waals surface area (Å²) in [5.41, 5.74) is 3.49. The highest BCUT2D eigenvalue weighted by Crippen LogP contribution is 2.16. The lowest BCUT2D eigenvalue weighted by atomic mass is 10.2. The molecule has 9 nitrogen and oxygen atoms in total. The Labute approximate surface area is 161 Å². The fourth-order valence-electron chi connectivity index (χ4n) is 2.17. The minimum atomic E-state index is -0.499. The van der Waals surface area contributed by atoms with Gasteiger partial charge in [0.2, 0.25) is 11.8 Å². The Morgan fingerprint density at radius 3 is 2.32 bits per heavy atom. The van der Waals surface area contributed by atoms with Gasteiger partial charge < -0.3 is 10.1 Å². The molecule has 9 heteroatoms. The molecule has 0 aliphatic carbocycles. The zero-order chi connectivity index (χ0) is 20.4. The summed E-state index contributed by atoms with van der Waals surface area (Å²) in [5.74, 6) is 0.00410. The molecule has 2 aromatic rings. The minimum absolute atomic E-state index is 0.00605. The summed E-state index contributed by atoms with van der Waals surface area (Å²) in [5, 5.41) is 17.0. The highest BCUT2D eigenvalue weighted by molar-refractivity contribution is 5.93. The Balaban J connectivity index is 1.72. The van der Waals surface area contributed by atoms with Crippen LogP contribution < -0.4 is 15.5 Å². The molecule has 146 valence electrons. The van der Waals surface area contributed by atoms with Gasteiger partial charge in [0.05, 0.1) is 17.7 Å². The molecule has 0 bridgehead atoms. The Bertz CT molecular complexity index is 848. The number of nitrogens with one attached hydrogen (secondary N) is 2. The van der Waals surface area contributed by atoms with E-state index >= 15 is 0 Å².